The maximum absolute atomic E-state index is 12.6. The number of hydrogen-bond acceptors (Lipinski definition) is 6. The van der Waals surface area contributed by atoms with Crippen molar-refractivity contribution in [1.29, 1.82) is 5.41 Å². The molecule has 2 aromatic carbocycles. The van der Waals surface area contributed by atoms with Gasteiger partial charge < -0.3 is 14.8 Å². The zero-order chi connectivity index (χ0) is 21.2. The van der Waals surface area contributed by atoms with Gasteiger partial charge in [-0.2, -0.15) is 5.10 Å². The number of phenolic OH excluding ortho intramolecular Hbond substituents is 2. The van der Waals surface area contributed by atoms with Crippen LogP contribution in [-0.4, -0.2) is 26.2 Å². The summed E-state index contributed by atoms with van der Waals surface area (Å²) in [4.78, 5) is 1.17. The van der Waals surface area contributed by atoms with Crippen LogP contribution in [0.5, 0.6) is 11.5 Å². The number of hydrazone groups is 1. The Morgan fingerprint density at radius 2 is 1.76 bits per heavy atom. The molecule has 1 aliphatic rings. The summed E-state index contributed by atoms with van der Waals surface area (Å²) in [5, 5.41) is 32.9. The number of aromatic hydroxyl groups is 2. The Morgan fingerprint density at radius 3 is 2.38 bits per heavy atom. The number of phenols is 2. The molecule has 1 aliphatic carbocycles. The summed E-state index contributed by atoms with van der Waals surface area (Å²) >= 11 is -1.38. The molecule has 0 spiro atoms. The molecule has 0 aliphatic heterocycles. The molecule has 0 radical (unpaired) electrons. The smallest absolute Gasteiger partial charge is 0.160 e. The molecule has 150 valence electrons. The molecule has 0 aromatic heterocycles. The molecule has 0 heterocycles. The van der Waals surface area contributed by atoms with Crippen LogP contribution in [0.1, 0.15) is 26.3 Å². The summed E-state index contributed by atoms with van der Waals surface area (Å²) in [6.45, 7) is 5.78. The lowest BCUT2D eigenvalue weighted by Gasteiger charge is -2.22. The summed E-state index contributed by atoms with van der Waals surface area (Å²) < 4.78 is 12.6. The van der Waals surface area contributed by atoms with E-state index < -0.39 is 11.2 Å². The number of hydrogen-bond donors (Lipinski definition) is 4. The highest BCUT2D eigenvalue weighted by Gasteiger charge is 2.23. The lowest BCUT2D eigenvalue weighted by atomic mass is 9.86. The van der Waals surface area contributed by atoms with E-state index in [-0.39, 0.29) is 28.3 Å². The van der Waals surface area contributed by atoms with Gasteiger partial charge in [0.25, 0.3) is 0 Å². The van der Waals surface area contributed by atoms with Gasteiger partial charge in [-0.1, -0.05) is 39.0 Å². The van der Waals surface area contributed by atoms with E-state index in [1.54, 1.807) is 24.3 Å². The zero-order valence-electron chi connectivity index (χ0n) is 16.4. The first-order chi connectivity index (χ1) is 13.7. The van der Waals surface area contributed by atoms with E-state index in [1.165, 1.54) is 18.2 Å². The predicted octanol–water partition coefficient (Wildman–Crippen LogP) is 4.44. The van der Waals surface area contributed by atoms with Gasteiger partial charge in [-0.25, -0.2) is 0 Å². The molecule has 0 bridgehead atoms. The lowest BCUT2D eigenvalue weighted by Crippen LogP contribution is -2.17. The Labute approximate surface area is 173 Å². The third-order valence-electron chi connectivity index (χ3n) is 4.34. The van der Waals surface area contributed by atoms with E-state index in [0.29, 0.717) is 21.1 Å². The number of benzene rings is 2. The van der Waals surface area contributed by atoms with Crippen molar-refractivity contribution in [2.75, 3.05) is 5.43 Å². The number of anilines is 1. The summed E-state index contributed by atoms with van der Waals surface area (Å²) in [5.41, 5.74) is 3.58. The third-order valence-corrected chi connectivity index (χ3v) is 5.72. The van der Waals surface area contributed by atoms with Gasteiger partial charge in [0.1, 0.15) is 22.9 Å². The van der Waals surface area contributed by atoms with E-state index >= 15 is 0 Å². The van der Waals surface area contributed by atoms with Crippen molar-refractivity contribution < 1.29 is 14.8 Å². The van der Waals surface area contributed by atoms with Crippen molar-refractivity contribution in [3.63, 3.8) is 0 Å². The van der Waals surface area contributed by atoms with Crippen LogP contribution in [0.3, 0.4) is 0 Å². The summed E-state index contributed by atoms with van der Waals surface area (Å²) in [7, 11) is 0. The van der Waals surface area contributed by atoms with Crippen molar-refractivity contribution >= 4 is 28.3 Å². The summed E-state index contributed by atoms with van der Waals surface area (Å²) in [5.74, 6) is -0.00231. The van der Waals surface area contributed by atoms with Crippen LogP contribution in [0.15, 0.2) is 75.6 Å². The highest BCUT2D eigenvalue weighted by atomic mass is 32.2. The maximum atomic E-state index is 12.6. The van der Waals surface area contributed by atoms with E-state index in [4.69, 9.17) is 5.41 Å². The van der Waals surface area contributed by atoms with Crippen LogP contribution in [0.25, 0.3) is 0 Å². The molecule has 1 unspecified atom stereocenters. The molecule has 0 saturated carbocycles. The average Bonchev–Trinajstić information content (AvgIpc) is 2.68. The fourth-order valence-electron chi connectivity index (χ4n) is 2.80. The average molecular weight is 410 g/mol. The molecule has 0 saturated heterocycles. The third kappa shape index (κ3) is 4.70. The van der Waals surface area contributed by atoms with Gasteiger partial charge in [-0.15, -0.1) is 0 Å². The minimum absolute atomic E-state index is 0.00475. The first-order valence-corrected chi connectivity index (χ1v) is 10.2. The fourth-order valence-corrected chi connectivity index (χ4v) is 3.90. The number of nitrogens with zero attached hydrogens (tertiary/aromatic N) is 1. The van der Waals surface area contributed by atoms with Gasteiger partial charge >= 0.3 is 0 Å². The fraction of sp³-hybridized carbons (Fsp3) is 0.182. The number of nitrogens with one attached hydrogen (secondary N) is 2. The molecule has 7 heteroatoms. The Bertz CT molecular complexity index is 1020. The normalized spacial score (nSPS) is 16.6. The SMILES string of the molecule is CC(C)(C)c1cc(O)cc(N/N=C2/C=CC([S+]([O-])c3ccccc3)=CC2=N)c1O. The first-order valence-electron chi connectivity index (χ1n) is 9.02. The van der Waals surface area contributed by atoms with Gasteiger partial charge in [0.15, 0.2) is 9.80 Å². The van der Waals surface area contributed by atoms with Gasteiger partial charge in [0, 0.05) is 28.9 Å². The Kier molecular flexibility index (Phi) is 5.81. The topological polar surface area (TPSA) is 112 Å². The first kappa shape index (κ1) is 20.7. The van der Waals surface area contributed by atoms with Crippen molar-refractivity contribution in [1.82, 2.24) is 0 Å². The molecule has 0 fully saturated rings. The standard InChI is InChI=1S/C22H23N3O3S/c1-22(2,3)17-11-14(26)12-20(21(17)27)25-24-19-10-9-16(13-18(19)23)29(28)15-7-5-4-6-8-15/h4-13,23,25-27H,1-3H3/b23-18?,24-19-. The Balaban J connectivity index is 1.81. The van der Waals surface area contributed by atoms with Crippen LogP contribution in [0, 0.1) is 5.41 Å². The van der Waals surface area contributed by atoms with E-state index in [9.17, 15) is 14.8 Å². The molecule has 1 atom stereocenters. The molecule has 6 nitrogen and oxygen atoms in total. The predicted molar refractivity (Wildman–Crippen MR) is 117 cm³/mol. The summed E-state index contributed by atoms with van der Waals surface area (Å²) in [6, 6.07) is 11.9. The van der Waals surface area contributed by atoms with Crippen LogP contribution >= 0.6 is 0 Å². The molecular weight excluding hydrogens is 386 g/mol. The van der Waals surface area contributed by atoms with Crippen LogP contribution in [0.2, 0.25) is 0 Å². The maximum Gasteiger partial charge on any atom is 0.160 e. The monoisotopic (exact) mass is 409 g/mol. The number of rotatable bonds is 4. The highest BCUT2D eigenvalue weighted by Crippen LogP contribution is 2.39. The molecular formula is C22H23N3O3S. The van der Waals surface area contributed by atoms with Crippen LogP contribution < -0.4 is 5.43 Å². The van der Waals surface area contributed by atoms with Gasteiger partial charge in [0.2, 0.25) is 0 Å². The zero-order valence-corrected chi connectivity index (χ0v) is 17.2. The Morgan fingerprint density at radius 1 is 1.07 bits per heavy atom. The molecule has 0 amide bonds. The van der Waals surface area contributed by atoms with Crippen molar-refractivity contribution in [3.8, 4) is 11.5 Å². The van der Waals surface area contributed by atoms with Crippen LogP contribution in [0.4, 0.5) is 5.69 Å². The molecule has 29 heavy (non-hydrogen) atoms. The number of allylic oxidation sites excluding steroid dienone is 3. The van der Waals surface area contributed by atoms with E-state index in [0.717, 1.165) is 0 Å². The minimum Gasteiger partial charge on any atom is -0.606 e. The van der Waals surface area contributed by atoms with Gasteiger partial charge in [-0.05, 0) is 35.8 Å². The highest BCUT2D eigenvalue weighted by molar-refractivity contribution is 7.95. The Hall–Kier alpha value is -3.03. The largest absolute Gasteiger partial charge is 0.606 e. The molecule has 2 aromatic rings. The van der Waals surface area contributed by atoms with Gasteiger partial charge in [0.05, 0.1) is 5.71 Å². The lowest BCUT2D eigenvalue weighted by molar-refractivity contribution is 0.437. The quantitative estimate of drug-likeness (QED) is 0.197. The second-order valence-corrected chi connectivity index (χ2v) is 9.10. The van der Waals surface area contributed by atoms with Crippen molar-refractivity contribution in [2.24, 2.45) is 5.10 Å². The minimum atomic E-state index is -1.38. The van der Waals surface area contributed by atoms with Crippen LogP contribution in [-0.2, 0) is 16.6 Å². The van der Waals surface area contributed by atoms with Crippen molar-refractivity contribution in [2.45, 2.75) is 31.1 Å². The summed E-state index contributed by atoms with van der Waals surface area (Å²) in [6.07, 6.45) is 4.76. The van der Waals surface area contributed by atoms with Crippen molar-refractivity contribution in [3.05, 3.63) is 71.2 Å². The second-order valence-electron chi connectivity index (χ2n) is 7.62. The van der Waals surface area contributed by atoms with E-state index in [1.807, 2.05) is 39.0 Å². The van der Waals surface area contributed by atoms with E-state index in [2.05, 4.69) is 10.5 Å². The molecule has 3 rings (SSSR count). The molecule has 4 N–H and O–H groups in total. The second kappa shape index (κ2) is 8.14. The van der Waals surface area contributed by atoms with Gasteiger partial charge in [-0.3, -0.25) is 10.8 Å².